The van der Waals surface area contributed by atoms with Gasteiger partial charge in [-0.05, 0) is 44.8 Å². The monoisotopic (exact) mass is 433 g/mol. The fourth-order valence-corrected chi connectivity index (χ4v) is 4.11. The van der Waals surface area contributed by atoms with Gasteiger partial charge in [0.25, 0.3) is 5.91 Å². The standard InChI is InChI=1S/C21H24ClN3O3S/c1-14-8-9-17(22)20-19(14)23-21(29-20)25(11-10-24(2)3)18(26)13-28-16-7-5-6-15(12-16)27-4/h5-9,12H,10-11,13H2,1-4H3. The highest BCUT2D eigenvalue weighted by atomic mass is 35.5. The summed E-state index contributed by atoms with van der Waals surface area (Å²) in [6, 6.07) is 11.0. The van der Waals surface area contributed by atoms with Gasteiger partial charge in [0, 0.05) is 19.2 Å². The van der Waals surface area contributed by atoms with Crippen LogP contribution in [0.4, 0.5) is 5.13 Å². The van der Waals surface area contributed by atoms with Crippen molar-refractivity contribution >= 4 is 44.2 Å². The molecule has 3 rings (SSSR count). The first-order valence-corrected chi connectivity index (χ1v) is 10.4. The number of halogens is 1. The first kappa shape index (κ1) is 21.4. The van der Waals surface area contributed by atoms with E-state index in [1.54, 1.807) is 24.1 Å². The number of anilines is 1. The van der Waals surface area contributed by atoms with E-state index >= 15 is 0 Å². The Balaban J connectivity index is 1.83. The van der Waals surface area contributed by atoms with Crippen molar-refractivity contribution in [2.24, 2.45) is 0 Å². The fraction of sp³-hybridized carbons (Fsp3) is 0.333. The molecular formula is C21H24ClN3O3S. The lowest BCUT2D eigenvalue weighted by Gasteiger charge is -2.22. The van der Waals surface area contributed by atoms with Crippen LogP contribution >= 0.6 is 22.9 Å². The number of fused-ring (bicyclic) bond motifs is 1. The minimum Gasteiger partial charge on any atom is -0.497 e. The Morgan fingerprint density at radius 1 is 1.17 bits per heavy atom. The number of ether oxygens (including phenoxy) is 2. The quantitative estimate of drug-likeness (QED) is 0.531. The first-order chi connectivity index (χ1) is 13.9. The number of benzene rings is 2. The third kappa shape index (κ3) is 5.18. The Labute approximate surface area is 179 Å². The van der Waals surface area contributed by atoms with Crippen LogP contribution < -0.4 is 14.4 Å². The van der Waals surface area contributed by atoms with Gasteiger partial charge < -0.3 is 14.4 Å². The molecule has 29 heavy (non-hydrogen) atoms. The summed E-state index contributed by atoms with van der Waals surface area (Å²) in [7, 11) is 5.52. The number of likely N-dealkylation sites (N-methyl/N-ethyl adjacent to an activating group) is 1. The lowest BCUT2D eigenvalue weighted by molar-refractivity contribution is -0.120. The van der Waals surface area contributed by atoms with E-state index in [1.807, 2.05) is 50.2 Å². The minimum absolute atomic E-state index is 0.0940. The molecule has 0 fully saturated rings. The van der Waals surface area contributed by atoms with Gasteiger partial charge in [0.2, 0.25) is 0 Å². The highest BCUT2D eigenvalue weighted by Crippen LogP contribution is 2.35. The smallest absolute Gasteiger partial charge is 0.266 e. The van der Waals surface area contributed by atoms with Crippen LogP contribution in [0.25, 0.3) is 10.2 Å². The van der Waals surface area contributed by atoms with Crippen LogP contribution in [0, 0.1) is 6.92 Å². The second kappa shape index (κ2) is 9.43. The summed E-state index contributed by atoms with van der Waals surface area (Å²) in [5.41, 5.74) is 1.86. The zero-order valence-corrected chi connectivity index (χ0v) is 18.5. The molecule has 0 aliphatic carbocycles. The summed E-state index contributed by atoms with van der Waals surface area (Å²) in [5, 5.41) is 1.26. The van der Waals surface area contributed by atoms with Crippen molar-refractivity contribution in [3.63, 3.8) is 0 Å². The third-order valence-electron chi connectivity index (χ3n) is 4.39. The number of methoxy groups -OCH3 is 1. The number of carbonyl (C=O) groups is 1. The molecule has 8 heteroatoms. The summed E-state index contributed by atoms with van der Waals surface area (Å²) in [6.07, 6.45) is 0. The first-order valence-electron chi connectivity index (χ1n) is 9.16. The van der Waals surface area contributed by atoms with Gasteiger partial charge >= 0.3 is 0 Å². The van der Waals surface area contributed by atoms with Crippen molar-refractivity contribution in [1.29, 1.82) is 0 Å². The van der Waals surface area contributed by atoms with Gasteiger partial charge in [0.05, 0.1) is 22.3 Å². The predicted molar refractivity (Wildman–Crippen MR) is 119 cm³/mol. The van der Waals surface area contributed by atoms with Crippen LogP contribution in [0.2, 0.25) is 5.02 Å². The summed E-state index contributed by atoms with van der Waals surface area (Å²) in [4.78, 5) is 21.4. The van der Waals surface area contributed by atoms with E-state index in [2.05, 4.69) is 0 Å². The van der Waals surface area contributed by atoms with Crippen LogP contribution in [0.5, 0.6) is 11.5 Å². The maximum Gasteiger partial charge on any atom is 0.266 e. The van der Waals surface area contributed by atoms with Crippen LogP contribution in [-0.4, -0.2) is 56.7 Å². The molecule has 0 saturated carbocycles. The van der Waals surface area contributed by atoms with Crippen molar-refractivity contribution in [3.05, 3.63) is 47.0 Å². The van der Waals surface area contributed by atoms with Crippen molar-refractivity contribution in [2.75, 3.05) is 45.8 Å². The summed E-state index contributed by atoms with van der Waals surface area (Å²) in [5.74, 6) is 1.09. The van der Waals surface area contributed by atoms with Gasteiger partial charge in [-0.25, -0.2) is 4.98 Å². The topological polar surface area (TPSA) is 54.9 Å². The molecule has 6 nitrogen and oxygen atoms in total. The molecule has 0 saturated heterocycles. The van der Waals surface area contributed by atoms with E-state index in [9.17, 15) is 4.79 Å². The zero-order chi connectivity index (χ0) is 21.0. The molecule has 0 atom stereocenters. The van der Waals surface area contributed by atoms with Crippen LogP contribution in [0.1, 0.15) is 5.56 Å². The lowest BCUT2D eigenvalue weighted by atomic mass is 10.2. The van der Waals surface area contributed by atoms with Crippen molar-refractivity contribution in [2.45, 2.75) is 6.92 Å². The summed E-state index contributed by atoms with van der Waals surface area (Å²) in [6.45, 7) is 3.10. The zero-order valence-electron chi connectivity index (χ0n) is 16.9. The SMILES string of the molecule is COc1cccc(OCC(=O)N(CCN(C)C)c2nc3c(C)ccc(Cl)c3s2)c1. The van der Waals surface area contributed by atoms with Gasteiger partial charge in [-0.1, -0.05) is 35.1 Å². The molecule has 0 aliphatic rings. The molecule has 0 bridgehead atoms. The number of carbonyl (C=O) groups excluding carboxylic acids is 1. The Morgan fingerprint density at radius 2 is 1.93 bits per heavy atom. The average molecular weight is 434 g/mol. The third-order valence-corrected chi connectivity index (χ3v) is 5.93. The largest absolute Gasteiger partial charge is 0.497 e. The number of amides is 1. The Kier molecular flexibility index (Phi) is 6.95. The summed E-state index contributed by atoms with van der Waals surface area (Å²) >= 11 is 7.77. The van der Waals surface area contributed by atoms with E-state index in [4.69, 9.17) is 26.1 Å². The van der Waals surface area contributed by atoms with Gasteiger partial charge in [0.1, 0.15) is 11.5 Å². The maximum absolute atomic E-state index is 13.0. The van der Waals surface area contributed by atoms with E-state index < -0.39 is 0 Å². The molecule has 0 spiro atoms. The van der Waals surface area contributed by atoms with Crippen LogP contribution in [0.15, 0.2) is 36.4 Å². The molecule has 0 radical (unpaired) electrons. The highest BCUT2D eigenvalue weighted by molar-refractivity contribution is 7.23. The van der Waals surface area contributed by atoms with E-state index in [0.717, 1.165) is 15.8 Å². The Hall–Kier alpha value is -2.35. The van der Waals surface area contributed by atoms with E-state index in [0.29, 0.717) is 34.7 Å². The lowest BCUT2D eigenvalue weighted by Crippen LogP contribution is -2.39. The second-order valence-electron chi connectivity index (χ2n) is 6.85. The molecule has 1 amide bonds. The molecule has 0 aliphatic heterocycles. The molecular weight excluding hydrogens is 410 g/mol. The van der Waals surface area contributed by atoms with Gasteiger partial charge in [-0.2, -0.15) is 0 Å². The summed E-state index contributed by atoms with van der Waals surface area (Å²) < 4.78 is 11.8. The Morgan fingerprint density at radius 3 is 2.62 bits per heavy atom. The maximum atomic E-state index is 13.0. The average Bonchev–Trinajstić information content (AvgIpc) is 3.16. The number of aromatic nitrogens is 1. The Bertz CT molecular complexity index is 967. The van der Waals surface area contributed by atoms with Crippen LogP contribution in [0.3, 0.4) is 0 Å². The normalized spacial score (nSPS) is 11.1. The second-order valence-corrected chi connectivity index (χ2v) is 8.24. The molecule has 2 aromatic carbocycles. The number of hydrogen-bond acceptors (Lipinski definition) is 6. The van der Waals surface area contributed by atoms with Gasteiger partial charge in [-0.3, -0.25) is 9.69 Å². The van der Waals surface area contributed by atoms with Crippen molar-refractivity contribution in [3.8, 4) is 11.5 Å². The fourth-order valence-electron chi connectivity index (χ4n) is 2.75. The van der Waals surface area contributed by atoms with E-state index in [1.165, 1.54) is 11.3 Å². The van der Waals surface area contributed by atoms with E-state index in [-0.39, 0.29) is 12.5 Å². The highest BCUT2D eigenvalue weighted by Gasteiger charge is 2.22. The molecule has 1 heterocycles. The molecule has 154 valence electrons. The van der Waals surface area contributed by atoms with Crippen LogP contribution in [-0.2, 0) is 4.79 Å². The molecule has 1 aromatic heterocycles. The molecule has 0 N–H and O–H groups in total. The number of hydrogen-bond donors (Lipinski definition) is 0. The predicted octanol–water partition coefficient (Wildman–Crippen LogP) is 4.24. The number of aryl methyl sites for hydroxylation is 1. The van der Waals surface area contributed by atoms with Crippen molar-refractivity contribution in [1.82, 2.24) is 9.88 Å². The van der Waals surface area contributed by atoms with Gasteiger partial charge in [0.15, 0.2) is 11.7 Å². The molecule has 0 unspecified atom stereocenters. The minimum atomic E-state index is -0.164. The number of thiazole rings is 1. The molecule has 3 aromatic rings. The number of rotatable bonds is 8. The van der Waals surface area contributed by atoms with Crippen molar-refractivity contribution < 1.29 is 14.3 Å². The number of nitrogens with zero attached hydrogens (tertiary/aromatic N) is 3. The van der Waals surface area contributed by atoms with Gasteiger partial charge in [-0.15, -0.1) is 0 Å².